The predicted octanol–water partition coefficient (Wildman–Crippen LogP) is 1.08. The zero-order chi connectivity index (χ0) is 22.3. The number of nitrogen functional groups attached to an aromatic ring is 2. The lowest BCUT2D eigenvalue weighted by Crippen LogP contribution is -2.24. The Hall–Kier alpha value is -4.74. The van der Waals surface area contributed by atoms with Crippen LogP contribution < -0.4 is 11.5 Å². The molecular formula is C19H12N6O6. The molecule has 0 saturated heterocycles. The largest absolute Gasteiger partial charge is 0.454 e. The number of fused-ring (bicyclic) bond motifs is 2. The Morgan fingerprint density at radius 1 is 0.935 bits per heavy atom. The topological polar surface area (TPSA) is 194 Å². The van der Waals surface area contributed by atoms with Crippen LogP contribution in [0.2, 0.25) is 0 Å². The maximum atomic E-state index is 12.9. The summed E-state index contributed by atoms with van der Waals surface area (Å²) in [4.78, 5) is 60.2. The number of nitrogens with zero attached hydrogens (tertiary/aromatic N) is 4. The van der Waals surface area contributed by atoms with E-state index in [1.165, 1.54) is 24.3 Å². The highest BCUT2D eigenvalue weighted by atomic mass is 16.6. The lowest BCUT2D eigenvalue weighted by Gasteiger charge is -2.18. The average Bonchev–Trinajstić information content (AvgIpc) is 2.74. The first-order valence-corrected chi connectivity index (χ1v) is 8.70. The molecule has 12 heteroatoms. The maximum absolute atomic E-state index is 12.9. The lowest BCUT2D eigenvalue weighted by molar-refractivity contribution is -0.385. The van der Waals surface area contributed by atoms with Gasteiger partial charge in [0.05, 0.1) is 4.92 Å². The van der Waals surface area contributed by atoms with E-state index in [4.69, 9.17) is 16.2 Å². The SMILES string of the molecule is Nc1nc(N)nc(COC(=O)c2ccc3c(c2[N+](=O)[O-])C(=O)c2ccccc2C3=O)n1. The first-order chi connectivity index (χ1) is 14.8. The Morgan fingerprint density at radius 2 is 1.55 bits per heavy atom. The first-order valence-electron chi connectivity index (χ1n) is 8.70. The summed E-state index contributed by atoms with van der Waals surface area (Å²) in [6, 6.07) is 8.21. The van der Waals surface area contributed by atoms with Crippen LogP contribution in [-0.2, 0) is 11.3 Å². The highest BCUT2D eigenvalue weighted by Crippen LogP contribution is 2.35. The molecule has 31 heavy (non-hydrogen) atoms. The summed E-state index contributed by atoms with van der Waals surface area (Å²) in [5, 5.41) is 11.8. The normalized spacial score (nSPS) is 12.1. The van der Waals surface area contributed by atoms with Crippen molar-refractivity contribution in [2.75, 3.05) is 11.5 Å². The molecular weight excluding hydrogens is 408 g/mol. The molecule has 3 aromatic rings. The van der Waals surface area contributed by atoms with E-state index in [0.717, 1.165) is 6.07 Å². The minimum Gasteiger partial charge on any atom is -0.454 e. The molecule has 4 N–H and O–H groups in total. The van der Waals surface area contributed by atoms with Crippen molar-refractivity contribution in [1.29, 1.82) is 0 Å². The minimum absolute atomic E-state index is 0.0183. The molecule has 0 aliphatic heterocycles. The fourth-order valence-electron chi connectivity index (χ4n) is 3.25. The van der Waals surface area contributed by atoms with E-state index in [-0.39, 0.29) is 34.4 Å². The molecule has 0 amide bonds. The zero-order valence-corrected chi connectivity index (χ0v) is 15.6. The number of carbonyl (C=O) groups is 3. The van der Waals surface area contributed by atoms with Gasteiger partial charge in [-0.25, -0.2) is 4.79 Å². The number of hydrogen-bond donors (Lipinski definition) is 2. The third-order valence-corrected chi connectivity index (χ3v) is 4.52. The Labute approximate surface area is 173 Å². The molecule has 1 aliphatic carbocycles. The van der Waals surface area contributed by atoms with Gasteiger partial charge in [-0.2, -0.15) is 15.0 Å². The predicted molar refractivity (Wildman–Crippen MR) is 104 cm³/mol. The summed E-state index contributed by atoms with van der Waals surface area (Å²) in [6.45, 7) is -0.500. The molecule has 1 aliphatic rings. The van der Waals surface area contributed by atoms with Crippen LogP contribution in [0, 0.1) is 10.1 Å². The highest BCUT2D eigenvalue weighted by molar-refractivity contribution is 6.30. The number of esters is 1. The second-order valence-electron chi connectivity index (χ2n) is 6.39. The second-order valence-corrected chi connectivity index (χ2v) is 6.39. The number of aromatic nitrogens is 3. The fraction of sp³-hybridized carbons (Fsp3) is 0.0526. The summed E-state index contributed by atoms with van der Waals surface area (Å²) in [5.74, 6) is -2.86. The second kappa shape index (κ2) is 7.26. The van der Waals surface area contributed by atoms with Crippen LogP contribution in [0.1, 0.15) is 48.0 Å². The Bertz CT molecular complexity index is 1280. The number of benzene rings is 2. The Kier molecular flexibility index (Phi) is 4.58. The molecule has 0 atom stereocenters. The molecule has 1 aromatic heterocycles. The van der Waals surface area contributed by atoms with Gasteiger partial charge in [-0.1, -0.05) is 24.3 Å². The van der Waals surface area contributed by atoms with E-state index >= 15 is 0 Å². The van der Waals surface area contributed by atoms with E-state index in [9.17, 15) is 24.5 Å². The lowest BCUT2D eigenvalue weighted by atomic mass is 9.82. The average molecular weight is 420 g/mol. The fourth-order valence-corrected chi connectivity index (χ4v) is 3.25. The van der Waals surface area contributed by atoms with Gasteiger partial charge in [0.15, 0.2) is 18.2 Å². The number of rotatable bonds is 4. The molecule has 154 valence electrons. The van der Waals surface area contributed by atoms with Gasteiger partial charge in [-0.05, 0) is 12.1 Å². The van der Waals surface area contributed by atoms with Gasteiger partial charge in [0.25, 0.3) is 5.69 Å². The summed E-state index contributed by atoms with van der Waals surface area (Å²) in [7, 11) is 0. The van der Waals surface area contributed by atoms with Crippen LogP contribution in [0.25, 0.3) is 0 Å². The van der Waals surface area contributed by atoms with Crippen molar-refractivity contribution in [3.05, 3.63) is 80.2 Å². The van der Waals surface area contributed by atoms with Crippen LogP contribution in [0.4, 0.5) is 17.6 Å². The summed E-state index contributed by atoms with van der Waals surface area (Å²) in [6.07, 6.45) is 0. The third-order valence-electron chi connectivity index (χ3n) is 4.52. The number of carbonyl (C=O) groups excluding carboxylic acids is 3. The zero-order valence-electron chi connectivity index (χ0n) is 15.6. The van der Waals surface area contributed by atoms with Crippen molar-refractivity contribution in [3.63, 3.8) is 0 Å². The standard InChI is InChI=1S/C19H12N6O6/c20-18-22-12(23-19(21)24-18)7-31-17(28)11-6-5-10-13(14(11)25(29)30)16(27)9-4-2-1-3-8(9)15(10)26/h1-6H,7H2,(H4,20,21,22,23,24). The molecule has 0 bridgehead atoms. The smallest absolute Gasteiger partial charge is 0.345 e. The molecule has 0 saturated carbocycles. The van der Waals surface area contributed by atoms with E-state index in [0.29, 0.717) is 0 Å². The van der Waals surface area contributed by atoms with Crippen molar-refractivity contribution in [2.45, 2.75) is 6.61 Å². The van der Waals surface area contributed by atoms with Gasteiger partial charge in [0.2, 0.25) is 17.7 Å². The monoisotopic (exact) mass is 420 g/mol. The van der Waals surface area contributed by atoms with Crippen molar-refractivity contribution < 1.29 is 24.0 Å². The summed E-state index contributed by atoms with van der Waals surface area (Å²) in [5.41, 5.74) is 9.10. The molecule has 0 radical (unpaired) electrons. The molecule has 0 fully saturated rings. The number of nitro benzene ring substituents is 1. The van der Waals surface area contributed by atoms with Gasteiger partial charge >= 0.3 is 5.97 Å². The Balaban J connectivity index is 1.74. The van der Waals surface area contributed by atoms with Crippen molar-refractivity contribution in [1.82, 2.24) is 15.0 Å². The number of hydrogen-bond acceptors (Lipinski definition) is 11. The maximum Gasteiger partial charge on any atom is 0.345 e. The number of anilines is 2. The van der Waals surface area contributed by atoms with Gasteiger partial charge in [-0.3, -0.25) is 19.7 Å². The number of ketones is 2. The molecule has 4 rings (SSSR count). The van der Waals surface area contributed by atoms with Crippen LogP contribution in [0.3, 0.4) is 0 Å². The van der Waals surface area contributed by atoms with Crippen LogP contribution in [-0.4, -0.2) is 37.4 Å². The van der Waals surface area contributed by atoms with E-state index in [1.54, 1.807) is 6.07 Å². The number of nitrogens with two attached hydrogens (primary N) is 2. The molecule has 0 spiro atoms. The first kappa shape index (κ1) is 19.6. The van der Waals surface area contributed by atoms with Gasteiger partial charge < -0.3 is 16.2 Å². The Morgan fingerprint density at radius 3 is 2.16 bits per heavy atom. The third kappa shape index (κ3) is 3.31. The molecule has 12 nitrogen and oxygen atoms in total. The summed E-state index contributed by atoms with van der Waals surface area (Å²) >= 11 is 0. The summed E-state index contributed by atoms with van der Waals surface area (Å²) < 4.78 is 5.03. The van der Waals surface area contributed by atoms with Crippen LogP contribution in [0.15, 0.2) is 36.4 Å². The number of ether oxygens (including phenoxy) is 1. The minimum atomic E-state index is -1.12. The van der Waals surface area contributed by atoms with Crippen LogP contribution in [0.5, 0.6) is 0 Å². The van der Waals surface area contributed by atoms with Gasteiger partial charge in [0, 0.05) is 16.7 Å². The van der Waals surface area contributed by atoms with Crippen molar-refractivity contribution in [2.24, 2.45) is 0 Å². The molecule has 2 aromatic carbocycles. The molecule has 1 heterocycles. The number of nitro groups is 1. The van der Waals surface area contributed by atoms with Gasteiger partial charge in [-0.15, -0.1) is 0 Å². The van der Waals surface area contributed by atoms with E-state index in [2.05, 4.69) is 15.0 Å². The van der Waals surface area contributed by atoms with E-state index < -0.39 is 45.9 Å². The van der Waals surface area contributed by atoms with E-state index in [1.807, 2.05) is 0 Å². The van der Waals surface area contributed by atoms with Crippen LogP contribution >= 0.6 is 0 Å². The van der Waals surface area contributed by atoms with Crippen molar-refractivity contribution in [3.8, 4) is 0 Å². The highest BCUT2D eigenvalue weighted by Gasteiger charge is 2.39. The quantitative estimate of drug-likeness (QED) is 0.272. The molecule has 0 unspecified atom stereocenters. The van der Waals surface area contributed by atoms with Crippen molar-refractivity contribution >= 4 is 35.1 Å². The van der Waals surface area contributed by atoms with Gasteiger partial charge in [0.1, 0.15) is 11.1 Å².